The molecule has 0 atom stereocenters. The Labute approximate surface area is 293 Å². The fraction of sp³-hybridized carbons (Fsp3) is 0.625. The summed E-state index contributed by atoms with van der Waals surface area (Å²) in [6.45, 7) is 16.2. The van der Waals surface area contributed by atoms with Crippen LogP contribution in [0.2, 0.25) is 0 Å². The van der Waals surface area contributed by atoms with Gasteiger partial charge in [-0.2, -0.15) is 0 Å². The van der Waals surface area contributed by atoms with Gasteiger partial charge in [0.05, 0.1) is 53.7 Å². The summed E-state index contributed by atoms with van der Waals surface area (Å²) < 4.78 is 39.1. The van der Waals surface area contributed by atoms with Crippen molar-refractivity contribution in [1.29, 1.82) is 0 Å². The second kappa shape index (κ2) is 14.0. The van der Waals surface area contributed by atoms with Gasteiger partial charge in [0, 0.05) is 23.1 Å². The summed E-state index contributed by atoms with van der Waals surface area (Å²) in [6.07, 6.45) is 9.75. The van der Waals surface area contributed by atoms with E-state index in [-0.39, 0.29) is 34.3 Å². The molecule has 4 heterocycles. The minimum absolute atomic E-state index is 0.155. The third-order valence-electron chi connectivity index (χ3n) is 10.1. The van der Waals surface area contributed by atoms with Crippen LogP contribution in [0, 0.1) is 0 Å². The summed E-state index contributed by atoms with van der Waals surface area (Å²) in [4.78, 5) is 31.2. The van der Waals surface area contributed by atoms with Gasteiger partial charge in [-0.25, -0.2) is 0 Å². The topological polar surface area (TPSA) is 145 Å². The van der Waals surface area contributed by atoms with E-state index in [9.17, 15) is 9.59 Å². The molecule has 4 aliphatic rings. The lowest BCUT2D eigenvalue weighted by Gasteiger charge is -2.32. The van der Waals surface area contributed by atoms with Gasteiger partial charge < -0.3 is 37.8 Å². The maximum absolute atomic E-state index is 11.6. The van der Waals surface area contributed by atoms with E-state index in [4.69, 9.17) is 37.8 Å². The molecule has 12 nitrogen and oxygen atoms in total. The lowest BCUT2D eigenvalue weighted by molar-refractivity contribution is -0.144. The molecule has 259 valence electrons. The number of methoxy groups -OCH3 is 2. The molecule has 2 saturated heterocycles. The maximum atomic E-state index is 11.6. The summed E-state index contributed by atoms with van der Waals surface area (Å²) in [6, 6.07) is 3.61. The van der Waals surface area contributed by atoms with Gasteiger partial charge in [-0.05, 0) is 120 Å². The first-order valence-corrected chi connectivity index (χ1v) is 16.7. The molecule has 4 fully saturated rings. The predicted octanol–water partition coefficient (Wildman–Crippen LogP) is 4.49. The van der Waals surface area contributed by atoms with E-state index in [0.29, 0.717) is 13.4 Å². The molecule has 48 heavy (non-hydrogen) atoms. The number of hydrogen-bond donors (Lipinski definition) is 1. The van der Waals surface area contributed by atoms with Crippen molar-refractivity contribution in [2.75, 3.05) is 14.2 Å². The van der Waals surface area contributed by atoms with Gasteiger partial charge in [-0.15, -0.1) is 0 Å². The van der Waals surface area contributed by atoms with Crippen LogP contribution in [0.5, 0.6) is 5.75 Å². The highest BCUT2D eigenvalue weighted by Gasteiger charge is 2.63. The molecule has 0 unspecified atom stereocenters. The number of pyridine rings is 2. The Kier molecular flexibility index (Phi) is 11.2. The molecule has 2 aliphatic heterocycles. The first kappa shape index (κ1) is 38.3. The van der Waals surface area contributed by atoms with Crippen molar-refractivity contribution >= 4 is 49.6 Å². The Morgan fingerprint density at radius 2 is 1.08 bits per heavy atom. The first-order chi connectivity index (χ1) is 22.3. The number of halogens is 1. The van der Waals surface area contributed by atoms with Gasteiger partial charge in [-0.1, -0.05) is 0 Å². The molecule has 2 aromatic heterocycles. The minimum Gasteiger partial charge on any atom is -0.536 e. The van der Waals surface area contributed by atoms with Crippen molar-refractivity contribution < 1.29 is 47.4 Å². The quantitative estimate of drug-likeness (QED) is 0.317. The van der Waals surface area contributed by atoms with E-state index >= 15 is 0 Å². The number of hydrogen-bond acceptors (Lipinski definition) is 12. The molecule has 0 bridgehead atoms. The van der Waals surface area contributed by atoms with E-state index < -0.39 is 24.8 Å². The van der Waals surface area contributed by atoms with Crippen LogP contribution in [-0.4, -0.2) is 85.3 Å². The zero-order valence-corrected chi connectivity index (χ0v) is 31.0. The van der Waals surface area contributed by atoms with Crippen molar-refractivity contribution in [3.05, 3.63) is 52.5 Å². The molecule has 2 saturated carbocycles. The zero-order valence-electron chi connectivity index (χ0n) is 29.4. The molecule has 1 radical (unpaired) electrons. The Bertz CT molecular complexity index is 1420. The maximum Gasteiger partial charge on any atom is 0.569 e. The van der Waals surface area contributed by atoms with Crippen LogP contribution in [0.3, 0.4) is 0 Å². The van der Waals surface area contributed by atoms with Gasteiger partial charge in [-0.3, -0.25) is 19.6 Å². The number of ether oxygens (including phenoxy) is 2. The monoisotopic (exact) mass is 729 g/mol. The number of rotatable bonds is 7. The number of nitrogens with zero attached hydrogens (tertiary/aromatic N) is 2. The summed E-state index contributed by atoms with van der Waals surface area (Å²) in [5.41, 5.74) is -0.704. The Hall–Kier alpha value is -2.49. The average molecular weight is 730 g/mol. The SMILES string of the molecule is CC1(C)OB(B2OC(C)(C)C(C)(C)O2)OC1(C)C.COC(=O)C1(c2cncc(Br)c2)CC1.COC(=O)C1(c2cncc(O[B]O)c2)CC1. The van der Waals surface area contributed by atoms with E-state index in [2.05, 4.69) is 25.9 Å². The van der Waals surface area contributed by atoms with E-state index in [1.54, 1.807) is 24.7 Å². The van der Waals surface area contributed by atoms with E-state index in [1.165, 1.54) is 20.4 Å². The Morgan fingerprint density at radius 1 is 0.708 bits per heavy atom. The summed E-state index contributed by atoms with van der Waals surface area (Å²) >= 11 is 3.34. The standard InChI is InChI=1S/C12H24B2O4.C10H11BNO4.C10H10BrNO2/c1-9(2)10(3,4)16-13(15-9)14-17-11(5,6)12(7,8)18-14;1-15-9(13)10(2-3-10)7-4-8(16-11-14)6-12-5-7;1-14-9(13)10(2-3-10)7-4-8(11)6-12-5-7/h1-8H3;4-6,14H,2-3H2,1H3;4-6H,2-3H2,1H3. The second-order valence-corrected chi connectivity index (χ2v) is 15.3. The number of esters is 2. The van der Waals surface area contributed by atoms with Crippen LogP contribution in [0.25, 0.3) is 0 Å². The molecule has 1 N–H and O–H groups in total. The lowest BCUT2D eigenvalue weighted by atomic mass is 9.49. The molecule has 2 aliphatic carbocycles. The molecular weight excluding hydrogens is 685 g/mol. The minimum atomic E-state index is -0.559. The second-order valence-electron chi connectivity index (χ2n) is 14.4. The number of carbonyl (C=O) groups is 2. The van der Waals surface area contributed by atoms with Crippen LogP contribution in [0.15, 0.2) is 41.4 Å². The predicted molar refractivity (Wildman–Crippen MR) is 183 cm³/mol. The fourth-order valence-electron chi connectivity index (χ4n) is 5.34. The highest BCUT2D eigenvalue weighted by molar-refractivity contribution is 9.10. The van der Waals surface area contributed by atoms with Gasteiger partial charge >= 0.3 is 33.6 Å². The zero-order chi connectivity index (χ0) is 35.8. The lowest BCUT2D eigenvalue weighted by Crippen LogP contribution is -2.41. The Morgan fingerprint density at radius 3 is 1.42 bits per heavy atom. The summed E-state index contributed by atoms with van der Waals surface area (Å²) in [7, 11) is 2.43. The normalized spacial score (nSPS) is 22.6. The number of aromatic nitrogens is 2. The summed E-state index contributed by atoms with van der Waals surface area (Å²) in [5.74, 6) is -0.00740. The van der Waals surface area contributed by atoms with Gasteiger partial charge in [0.25, 0.3) is 0 Å². The largest absolute Gasteiger partial charge is 0.569 e. The molecule has 0 spiro atoms. The molecule has 6 rings (SSSR count). The van der Waals surface area contributed by atoms with Crippen molar-refractivity contribution in [2.45, 2.75) is 114 Å². The van der Waals surface area contributed by atoms with Crippen LogP contribution in [0.4, 0.5) is 0 Å². The molecular formula is C32H45B3BrN2O10. The van der Waals surface area contributed by atoms with E-state index in [0.717, 1.165) is 41.3 Å². The highest BCUT2D eigenvalue weighted by atomic mass is 79.9. The third kappa shape index (κ3) is 7.78. The first-order valence-electron chi connectivity index (χ1n) is 15.9. The van der Waals surface area contributed by atoms with Crippen LogP contribution in [-0.2, 0) is 48.5 Å². The van der Waals surface area contributed by atoms with Crippen molar-refractivity contribution in [1.82, 2.24) is 9.97 Å². The van der Waals surface area contributed by atoms with Gasteiger partial charge in [0.1, 0.15) is 5.75 Å². The van der Waals surface area contributed by atoms with Crippen LogP contribution >= 0.6 is 15.9 Å². The van der Waals surface area contributed by atoms with Crippen molar-refractivity contribution in [3.63, 3.8) is 0 Å². The fourth-order valence-corrected chi connectivity index (χ4v) is 5.71. The highest BCUT2D eigenvalue weighted by Crippen LogP contribution is 2.50. The van der Waals surface area contributed by atoms with Crippen molar-refractivity contribution in [3.8, 4) is 5.75 Å². The Balaban J connectivity index is 0.000000164. The third-order valence-corrected chi connectivity index (χ3v) is 10.6. The molecule has 0 aromatic carbocycles. The van der Waals surface area contributed by atoms with Crippen LogP contribution < -0.4 is 4.65 Å². The van der Waals surface area contributed by atoms with E-state index in [1.807, 2.05) is 61.5 Å². The van der Waals surface area contributed by atoms with Crippen LogP contribution in [0.1, 0.15) is 92.2 Å². The van der Waals surface area contributed by atoms with Gasteiger partial charge in [0.15, 0.2) is 0 Å². The molecule has 0 amide bonds. The smallest absolute Gasteiger partial charge is 0.536 e. The van der Waals surface area contributed by atoms with Crippen molar-refractivity contribution in [2.24, 2.45) is 0 Å². The average Bonchev–Trinajstić information content (AvgIpc) is 3.94. The molecule has 16 heteroatoms. The molecule has 2 aromatic rings. The van der Waals surface area contributed by atoms with Gasteiger partial charge in [0.2, 0.25) is 0 Å². The summed E-state index contributed by atoms with van der Waals surface area (Å²) in [5, 5.41) is 8.52. The number of carbonyl (C=O) groups excluding carboxylic acids is 2.